The molecule has 0 saturated carbocycles. The lowest BCUT2D eigenvalue weighted by Crippen LogP contribution is -2.41. The smallest absolute Gasteiger partial charge is 0.190 e. The molecular weight excluding hydrogens is 310 g/mol. The number of nitrogens with two attached hydrogens (primary N) is 2. The molecule has 0 aromatic heterocycles. The van der Waals surface area contributed by atoms with Gasteiger partial charge in [-0.05, 0) is 26.0 Å². The van der Waals surface area contributed by atoms with Crippen LogP contribution in [0.2, 0.25) is 0 Å². The molecule has 2 saturated heterocycles. The predicted molar refractivity (Wildman–Crippen MR) is 89.0 cm³/mol. The highest BCUT2D eigenvalue weighted by molar-refractivity contribution is 5.89. The van der Waals surface area contributed by atoms with E-state index >= 15 is 0 Å². The molecule has 4 atom stereocenters. The second kappa shape index (κ2) is 7.16. The summed E-state index contributed by atoms with van der Waals surface area (Å²) in [5.74, 6) is 4.82. The lowest BCUT2D eigenvalue weighted by Gasteiger charge is -2.26. The quantitative estimate of drug-likeness (QED) is 0.459. The zero-order valence-electron chi connectivity index (χ0n) is 14.1. The topological polar surface area (TPSA) is 101 Å². The van der Waals surface area contributed by atoms with Crippen LogP contribution in [0.3, 0.4) is 0 Å². The molecule has 2 aliphatic rings. The normalized spacial score (nSPS) is 32.0. The molecule has 2 fully saturated rings. The van der Waals surface area contributed by atoms with Gasteiger partial charge in [-0.2, -0.15) is 5.10 Å². The summed E-state index contributed by atoms with van der Waals surface area (Å²) in [6.45, 7) is 4.59. The van der Waals surface area contributed by atoms with Crippen LogP contribution in [0.15, 0.2) is 35.4 Å². The Kier molecular flexibility index (Phi) is 5.17. The van der Waals surface area contributed by atoms with E-state index in [0.717, 1.165) is 5.56 Å². The van der Waals surface area contributed by atoms with E-state index in [1.807, 2.05) is 44.2 Å². The molecule has 132 valence electrons. The van der Waals surface area contributed by atoms with Crippen molar-refractivity contribution in [2.75, 3.05) is 6.54 Å². The molecule has 0 unspecified atom stereocenters. The van der Waals surface area contributed by atoms with Crippen LogP contribution in [0.4, 0.5) is 0 Å². The van der Waals surface area contributed by atoms with Crippen LogP contribution in [0.1, 0.15) is 25.8 Å². The van der Waals surface area contributed by atoms with Gasteiger partial charge in [0.1, 0.15) is 18.3 Å². The number of hydrogen-bond acceptors (Lipinski definition) is 7. The zero-order chi connectivity index (χ0) is 17.2. The number of ether oxygens (including phenoxy) is 4. The van der Waals surface area contributed by atoms with Gasteiger partial charge >= 0.3 is 0 Å². The molecule has 7 nitrogen and oxygen atoms in total. The van der Waals surface area contributed by atoms with Gasteiger partial charge in [-0.25, -0.2) is 0 Å². The molecule has 0 bridgehead atoms. The fraction of sp³-hybridized carbons (Fsp3) is 0.588. The minimum absolute atomic E-state index is 0.330. The fourth-order valence-corrected chi connectivity index (χ4v) is 3.12. The average Bonchev–Trinajstić information content (AvgIpc) is 3.03. The first-order chi connectivity index (χ1) is 11.5. The average molecular weight is 335 g/mol. The van der Waals surface area contributed by atoms with E-state index in [-0.39, 0.29) is 12.2 Å². The maximum absolute atomic E-state index is 6.13. The summed E-state index contributed by atoms with van der Waals surface area (Å²) < 4.78 is 23.9. The summed E-state index contributed by atoms with van der Waals surface area (Å²) in [7, 11) is 0. The molecule has 0 amide bonds. The van der Waals surface area contributed by atoms with Crippen LogP contribution < -0.4 is 11.6 Å². The van der Waals surface area contributed by atoms with Crippen molar-refractivity contribution in [1.82, 2.24) is 0 Å². The molecule has 4 N–H and O–H groups in total. The molecule has 3 rings (SSSR count). The molecule has 7 heteroatoms. The van der Waals surface area contributed by atoms with Gasteiger partial charge in [-0.3, -0.25) is 0 Å². The first-order valence-corrected chi connectivity index (χ1v) is 8.17. The van der Waals surface area contributed by atoms with Crippen molar-refractivity contribution in [3.05, 3.63) is 35.9 Å². The highest BCUT2D eigenvalue weighted by Gasteiger charge is 2.56. The summed E-state index contributed by atoms with van der Waals surface area (Å²) in [4.78, 5) is 0. The van der Waals surface area contributed by atoms with Crippen molar-refractivity contribution in [3.63, 3.8) is 0 Å². The number of hydrogen-bond donors (Lipinski definition) is 2. The lowest BCUT2D eigenvalue weighted by molar-refractivity contribution is -0.210. The molecule has 24 heavy (non-hydrogen) atoms. The number of fused-ring (bicyclic) bond motifs is 1. The van der Waals surface area contributed by atoms with E-state index in [0.29, 0.717) is 25.3 Å². The van der Waals surface area contributed by atoms with Gasteiger partial charge in [-0.1, -0.05) is 30.3 Å². The van der Waals surface area contributed by atoms with Crippen molar-refractivity contribution in [1.29, 1.82) is 0 Å². The van der Waals surface area contributed by atoms with Crippen LogP contribution in [0, 0.1) is 0 Å². The second-order valence-corrected chi connectivity index (χ2v) is 6.45. The van der Waals surface area contributed by atoms with E-state index in [4.69, 9.17) is 30.5 Å². The Bertz CT molecular complexity index is 578. The molecule has 2 heterocycles. The number of rotatable bonds is 6. The number of hydrazone groups is 1. The molecule has 2 aliphatic heterocycles. The Morgan fingerprint density at radius 3 is 2.67 bits per heavy atom. The third-order valence-electron chi connectivity index (χ3n) is 4.17. The zero-order valence-corrected chi connectivity index (χ0v) is 14.1. The standard InChI is InChI=1S/C17H25N3O4/c1-17(2)23-15-14(21-10-11-6-4-3-5-7-11)13(22-16(15)24-17)12(20-19)8-9-18/h3-7,13-16H,8-10,18-19H2,1-2H3/b20-12-/t13-,14+,15-,16-/m1/s1. The minimum Gasteiger partial charge on any atom is -0.367 e. The SMILES string of the molecule is CC1(C)O[C@H]2O[C@H](/C(CCN)=N\N)[C@H](OCc3ccccc3)[C@H]2O1. The van der Waals surface area contributed by atoms with Gasteiger partial charge in [0.25, 0.3) is 0 Å². The van der Waals surface area contributed by atoms with Gasteiger partial charge in [0.05, 0.1) is 12.3 Å². The Morgan fingerprint density at radius 1 is 1.25 bits per heavy atom. The summed E-state index contributed by atoms with van der Waals surface area (Å²) in [5.41, 5.74) is 7.38. The molecule has 0 spiro atoms. The van der Waals surface area contributed by atoms with Crippen LogP contribution in [-0.2, 0) is 25.6 Å². The fourth-order valence-electron chi connectivity index (χ4n) is 3.12. The molecule has 0 radical (unpaired) electrons. The van der Waals surface area contributed by atoms with E-state index in [1.54, 1.807) is 0 Å². The van der Waals surface area contributed by atoms with Crippen molar-refractivity contribution >= 4 is 5.71 Å². The number of nitrogens with zero attached hydrogens (tertiary/aromatic N) is 1. The van der Waals surface area contributed by atoms with Gasteiger partial charge in [0.15, 0.2) is 12.1 Å². The maximum Gasteiger partial charge on any atom is 0.190 e. The van der Waals surface area contributed by atoms with Crippen molar-refractivity contribution in [3.8, 4) is 0 Å². The van der Waals surface area contributed by atoms with Gasteiger partial charge < -0.3 is 30.5 Å². The van der Waals surface area contributed by atoms with E-state index < -0.39 is 18.2 Å². The van der Waals surface area contributed by atoms with E-state index in [9.17, 15) is 0 Å². The first-order valence-electron chi connectivity index (χ1n) is 8.17. The Morgan fingerprint density at radius 2 is 2.00 bits per heavy atom. The van der Waals surface area contributed by atoms with Gasteiger partial charge in [-0.15, -0.1) is 0 Å². The van der Waals surface area contributed by atoms with Gasteiger partial charge in [0.2, 0.25) is 0 Å². The van der Waals surface area contributed by atoms with E-state index in [1.165, 1.54) is 0 Å². The van der Waals surface area contributed by atoms with Crippen LogP contribution >= 0.6 is 0 Å². The monoisotopic (exact) mass is 335 g/mol. The molecule has 1 aromatic rings. The highest BCUT2D eigenvalue weighted by atomic mass is 16.8. The van der Waals surface area contributed by atoms with Crippen LogP contribution in [0.25, 0.3) is 0 Å². The maximum atomic E-state index is 6.13. The third kappa shape index (κ3) is 3.60. The summed E-state index contributed by atoms with van der Waals surface area (Å²) in [5, 5.41) is 3.85. The van der Waals surface area contributed by atoms with E-state index in [2.05, 4.69) is 5.10 Å². The predicted octanol–water partition coefficient (Wildman–Crippen LogP) is 1.11. The second-order valence-electron chi connectivity index (χ2n) is 6.45. The third-order valence-corrected chi connectivity index (χ3v) is 4.17. The Hall–Kier alpha value is -1.51. The van der Waals surface area contributed by atoms with Crippen molar-refractivity contribution in [2.24, 2.45) is 16.7 Å². The summed E-state index contributed by atoms with van der Waals surface area (Å²) in [6.07, 6.45) is -1.07. The molecule has 0 aliphatic carbocycles. The van der Waals surface area contributed by atoms with Crippen LogP contribution in [-0.4, -0.2) is 42.6 Å². The molecule has 1 aromatic carbocycles. The van der Waals surface area contributed by atoms with Gasteiger partial charge in [0, 0.05) is 6.42 Å². The Labute approximate surface area is 141 Å². The summed E-state index contributed by atoms with van der Waals surface area (Å²) in [6, 6.07) is 9.94. The molecular formula is C17H25N3O4. The largest absolute Gasteiger partial charge is 0.367 e. The van der Waals surface area contributed by atoms with Crippen molar-refractivity contribution < 1.29 is 18.9 Å². The lowest BCUT2D eigenvalue weighted by atomic mass is 10.0. The minimum atomic E-state index is -0.706. The van der Waals surface area contributed by atoms with Crippen molar-refractivity contribution in [2.45, 2.75) is 57.3 Å². The number of benzene rings is 1. The summed E-state index contributed by atoms with van der Waals surface area (Å²) >= 11 is 0. The highest BCUT2D eigenvalue weighted by Crippen LogP contribution is 2.39. The van der Waals surface area contributed by atoms with Crippen LogP contribution in [0.5, 0.6) is 0 Å². The Balaban J connectivity index is 1.76. The first kappa shape index (κ1) is 17.3.